The van der Waals surface area contributed by atoms with Gasteiger partial charge in [0.1, 0.15) is 0 Å². The summed E-state index contributed by atoms with van der Waals surface area (Å²) in [6.07, 6.45) is 4.05. The van der Waals surface area contributed by atoms with Gasteiger partial charge < -0.3 is 15.1 Å². The predicted molar refractivity (Wildman–Crippen MR) is 89.0 cm³/mol. The van der Waals surface area contributed by atoms with Crippen LogP contribution in [-0.4, -0.2) is 72.4 Å². The van der Waals surface area contributed by atoms with Crippen LogP contribution in [0.15, 0.2) is 0 Å². The first-order chi connectivity index (χ1) is 9.63. The van der Waals surface area contributed by atoms with Gasteiger partial charge in [-0.05, 0) is 19.1 Å². The molecule has 0 aliphatic carbocycles. The Bertz CT molecular complexity index is 370. The fraction of sp³-hybridized carbons (Fsp3) is 0.857. The van der Waals surface area contributed by atoms with Crippen LogP contribution in [0.3, 0.4) is 0 Å². The number of piperazine rings is 1. The van der Waals surface area contributed by atoms with Gasteiger partial charge in [0, 0.05) is 43.9 Å². The Labute approximate surface area is 137 Å². The molecule has 2 aliphatic heterocycles. The molecule has 0 bridgehead atoms. The highest BCUT2D eigenvalue weighted by molar-refractivity contribution is 7.98. The van der Waals surface area contributed by atoms with Gasteiger partial charge in [-0.15, -0.1) is 12.4 Å². The molecule has 0 aromatic rings. The topological polar surface area (TPSA) is 52.7 Å². The van der Waals surface area contributed by atoms with E-state index >= 15 is 0 Å². The second-order valence-corrected chi connectivity index (χ2v) is 6.61. The second-order valence-electron chi connectivity index (χ2n) is 5.70. The molecule has 2 aliphatic rings. The number of hydrogen-bond donors (Lipinski definition) is 1. The SMILES string of the molecule is CSCC(C)C(=O)N1CCCC(N2CCNCC2=O)C1.Cl. The number of carbonyl (C=O) groups is 2. The maximum atomic E-state index is 12.4. The van der Waals surface area contributed by atoms with Gasteiger partial charge in [-0.2, -0.15) is 11.8 Å². The van der Waals surface area contributed by atoms with Gasteiger partial charge in [0.15, 0.2) is 0 Å². The molecule has 0 radical (unpaired) electrons. The molecule has 122 valence electrons. The quantitative estimate of drug-likeness (QED) is 0.827. The van der Waals surface area contributed by atoms with E-state index in [4.69, 9.17) is 0 Å². The number of thioether (sulfide) groups is 1. The molecular formula is C14H26ClN3O2S. The number of nitrogens with zero attached hydrogens (tertiary/aromatic N) is 2. The number of nitrogens with one attached hydrogen (secondary N) is 1. The highest BCUT2D eigenvalue weighted by Gasteiger charge is 2.32. The molecule has 2 saturated heterocycles. The van der Waals surface area contributed by atoms with Crippen LogP contribution in [0, 0.1) is 5.92 Å². The number of piperidine rings is 1. The van der Waals surface area contributed by atoms with E-state index in [1.807, 2.05) is 23.0 Å². The van der Waals surface area contributed by atoms with Crippen molar-refractivity contribution in [2.75, 3.05) is 44.7 Å². The third-order valence-corrected chi connectivity index (χ3v) is 4.95. The number of carbonyl (C=O) groups excluding carboxylic acids is 2. The minimum Gasteiger partial charge on any atom is -0.340 e. The Kier molecular flexibility index (Phi) is 7.84. The standard InChI is InChI=1S/C14H25N3O2S.ClH/c1-11(10-20-2)14(19)16-6-3-4-12(9-16)17-7-5-15-8-13(17)18;/h11-12,15H,3-10H2,1-2H3;1H. The Hall–Kier alpha value is -0.460. The van der Waals surface area contributed by atoms with E-state index in [2.05, 4.69) is 5.32 Å². The van der Waals surface area contributed by atoms with Crippen molar-refractivity contribution in [3.8, 4) is 0 Å². The molecule has 2 rings (SSSR count). The summed E-state index contributed by atoms with van der Waals surface area (Å²) in [7, 11) is 0. The van der Waals surface area contributed by atoms with Crippen LogP contribution in [0.4, 0.5) is 0 Å². The molecule has 2 heterocycles. The number of likely N-dealkylation sites (tertiary alicyclic amines) is 1. The molecule has 21 heavy (non-hydrogen) atoms. The van der Waals surface area contributed by atoms with E-state index in [0.29, 0.717) is 13.1 Å². The second kappa shape index (κ2) is 8.86. The van der Waals surface area contributed by atoms with Crippen LogP contribution in [0.25, 0.3) is 0 Å². The largest absolute Gasteiger partial charge is 0.340 e. The molecule has 5 nitrogen and oxygen atoms in total. The van der Waals surface area contributed by atoms with Crippen molar-refractivity contribution < 1.29 is 9.59 Å². The van der Waals surface area contributed by atoms with Crippen LogP contribution < -0.4 is 5.32 Å². The third-order valence-electron chi connectivity index (χ3n) is 4.11. The summed E-state index contributed by atoms with van der Waals surface area (Å²) in [5.74, 6) is 1.36. The van der Waals surface area contributed by atoms with Crippen LogP contribution in [-0.2, 0) is 9.59 Å². The average Bonchev–Trinajstić information content (AvgIpc) is 2.47. The van der Waals surface area contributed by atoms with Crippen molar-refractivity contribution in [2.45, 2.75) is 25.8 Å². The Morgan fingerprint density at radius 1 is 1.48 bits per heavy atom. The molecule has 0 spiro atoms. The Morgan fingerprint density at radius 3 is 2.90 bits per heavy atom. The minimum atomic E-state index is 0. The fourth-order valence-corrected chi connectivity index (χ4v) is 3.69. The molecular weight excluding hydrogens is 310 g/mol. The first-order valence-electron chi connectivity index (χ1n) is 7.41. The fourth-order valence-electron chi connectivity index (χ4n) is 3.05. The van der Waals surface area contributed by atoms with Gasteiger partial charge in [-0.3, -0.25) is 9.59 Å². The lowest BCUT2D eigenvalue weighted by molar-refractivity contribution is -0.142. The zero-order chi connectivity index (χ0) is 14.5. The van der Waals surface area contributed by atoms with Crippen molar-refractivity contribution in [1.82, 2.24) is 15.1 Å². The molecule has 2 amide bonds. The first kappa shape index (κ1) is 18.6. The van der Waals surface area contributed by atoms with Gasteiger partial charge in [0.05, 0.1) is 6.54 Å². The zero-order valence-electron chi connectivity index (χ0n) is 12.8. The molecule has 7 heteroatoms. The van der Waals surface area contributed by atoms with Gasteiger partial charge in [0.2, 0.25) is 11.8 Å². The maximum absolute atomic E-state index is 12.4. The Morgan fingerprint density at radius 2 is 2.24 bits per heavy atom. The first-order valence-corrected chi connectivity index (χ1v) is 8.80. The van der Waals surface area contributed by atoms with E-state index in [0.717, 1.165) is 38.2 Å². The molecule has 2 atom stereocenters. The predicted octanol–water partition coefficient (Wildman–Crippen LogP) is 0.830. The summed E-state index contributed by atoms with van der Waals surface area (Å²) in [5, 5.41) is 3.10. The number of halogens is 1. The number of amides is 2. The molecule has 2 unspecified atom stereocenters. The smallest absolute Gasteiger partial charge is 0.236 e. The van der Waals surface area contributed by atoms with Crippen molar-refractivity contribution in [3.63, 3.8) is 0 Å². The van der Waals surface area contributed by atoms with Crippen molar-refractivity contribution in [2.24, 2.45) is 5.92 Å². The third kappa shape index (κ3) is 4.76. The lowest BCUT2D eigenvalue weighted by Gasteiger charge is -2.41. The van der Waals surface area contributed by atoms with Crippen LogP contribution in [0.1, 0.15) is 19.8 Å². The lowest BCUT2D eigenvalue weighted by atomic mass is 10.0. The maximum Gasteiger partial charge on any atom is 0.236 e. The highest BCUT2D eigenvalue weighted by Crippen LogP contribution is 2.19. The zero-order valence-corrected chi connectivity index (χ0v) is 14.5. The van der Waals surface area contributed by atoms with Gasteiger partial charge in [-0.1, -0.05) is 6.92 Å². The summed E-state index contributed by atoms with van der Waals surface area (Å²) in [6, 6.07) is 0.212. The summed E-state index contributed by atoms with van der Waals surface area (Å²) in [4.78, 5) is 28.3. The summed E-state index contributed by atoms with van der Waals surface area (Å²) >= 11 is 1.71. The van der Waals surface area contributed by atoms with Gasteiger partial charge in [0.25, 0.3) is 0 Å². The molecule has 1 N–H and O–H groups in total. The lowest BCUT2D eigenvalue weighted by Crippen LogP contribution is -2.58. The number of rotatable bonds is 4. The van der Waals surface area contributed by atoms with E-state index in [1.54, 1.807) is 11.8 Å². The molecule has 0 aromatic carbocycles. The summed E-state index contributed by atoms with van der Waals surface area (Å²) in [5.41, 5.74) is 0. The Balaban J connectivity index is 0.00000220. The van der Waals surface area contributed by atoms with Crippen molar-refractivity contribution in [3.05, 3.63) is 0 Å². The molecule has 0 aromatic heterocycles. The van der Waals surface area contributed by atoms with E-state index in [-0.39, 0.29) is 36.2 Å². The van der Waals surface area contributed by atoms with Crippen molar-refractivity contribution in [1.29, 1.82) is 0 Å². The average molecular weight is 336 g/mol. The van der Waals surface area contributed by atoms with E-state index < -0.39 is 0 Å². The van der Waals surface area contributed by atoms with Crippen LogP contribution in [0.5, 0.6) is 0 Å². The van der Waals surface area contributed by atoms with Crippen LogP contribution >= 0.6 is 24.2 Å². The minimum absolute atomic E-state index is 0. The normalized spacial score (nSPS) is 24.5. The monoisotopic (exact) mass is 335 g/mol. The van der Waals surface area contributed by atoms with E-state index in [1.165, 1.54) is 0 Å². The van der Waals surface area contributed by atoms with Gasteiger partial charge in [-0.25, -0.2) is 0 Å². The van der Waals surface area contributed by atoms with Crippen molar-refractivity contribution >= 4 is 36.0 Å². The highest BCUT2D eigenvalue weighted by atomic mass is 35.5. The van der Waals surface area contributed by atoms with E-state index in [9.17, 15) is 9.59 Å². The molecule has 2 fully saturated rings. The molecule has 0 saturated carbocycles. The summed E-state index contributed by atoms with van der Waals surface area (Å²) < 4.78 is 0. The summed E-state index contributed by atoms with van der Waals surface area (Å²) in [6.45, 7) is 5.62. The van der Waals surface area contributed by atoms with Crippen LogP contribution in [0.2, 0.25) is 0 Å². The number of hydrogen-bond acceptors (Lipinski definition) is 4. The van der Waals surface area contributed by atoms with Gasteiger partial charge >= 0.3 is 0 Å².